The molecule has 2 saturated carbocycles. The summed E-state index contributed by atoms with van der Waals surface area (Å²) in [5.41, 5.74) is 0.969. The van der Waals surface area contributed by atoms with E-state index in [0.29, 0.717) is 51.8 Å². The van der Waals surface area contributed by atoms with E-state index in [1.807, 2.05) is 26.2 Å². The van der Waals surface area contributed by atoms with Crippen LogP contribution in [0.4, 0.5) is 13.9 Å². The number of anilines is 1. The maximum Gasteiger partial charge on any atom is 0.306 e. The van der Waals surface area contributed by atoms with Crippen LogP contribution in [-0.4, -0.2) is 80.5 Å². The lowest BCUT2D eigenvalue weighted by molar-refractivity contribution is -0.155. The molecule has 2 saturated heterocycles. The number of carbonyl (C=O) groups excluding carboxylic acids is 3. The standard InChI is InChI=1S/C49H60ClF2N4O8PS/c1-28(2)53-48-55-39(27-66-48)38-22-43(33-18-19-42(62-4)45(50)46(33)54-38)63-32-20-40-41(57)24-49(65(60,61)26-35-36(51)16-11-17-37(35)52)23-30(49)13-8-6-5-7-12-29(3)34(47(59)56(40)25-32)21-44(58)64-31-14-9-10-15-31/h11,16-19,22,27-32,34,40H,5-10,12-15,20-21,23-26H2,1-4H3,(H,53,55)(H,60,61)/t29-,30-,32-,34+,40+,49-/m1/s1. The highest BCUT2D eigenvalue weighted by molar-refractivity contribution is 7.59. The van der Waals surface area contributed by atoms with E-state index in [0.717, 1.165) is 63.5 Å². The first kappa shape index (κ1) is 48.3. The molecule has 2 aromatic carbocycles. The Morgan fingerprint density at radius 3 is 2.42 bits per heavy atom. The summed E-state index contributed by atoms with van der Waals surface area (Å²) < 4.78 is 63.0. The number of rotatable bonds is 12. The molecule has 4 heterocycles. The molecule has 12 nitrogen and oxygen atoms in total. The van der Waals surface area contributed by atoms with Crippen LogP contribution < -0.4 is 14.8 Å². The zero-order valence-electron chi connectivity index (χ0n) is 38.0. The van der Waals surface area contributed by atoms with Crippen LogP contribution >= 0.6 is 30.3 Å². The third kappa shape index (κ3) is 10.3. The molecule has 4 aromatic rings. The van der Waals surface area contributed by atoms with Crippen molar-refractivity contribution in [2.24, 2.45) is 17.8 Å². The third-order valence-electron chi connectivity index (χ3n) is 14.2. The van der Waals surface area contributed by atoms with Crippen LogP contribution in [0.15, 0.2) is 41.8 Å². The number of halogens is 3. The van der Waals surface area contributed by atoms with Crippen molar-refractivity contribution in [3.05, 3.63) is 64.0 Å². The number of nitrogens with zero attached hydrogens (tertiary/aromatic N) is 3. The Labute approximate surface area is 394 Å². The monoisotopic (exact) mass is 968 g/mol. The second kappa shape index (κ2) is 20.2. The molecule has 356 valence electrons. The third-order valence-corrected chi connectivity index (χ3v) is 18.2. The zero-order chi connectivity index (χ0) is 46.9. The summed E-state index contributed by atoms with van der Waals surface area (Å²) in [6.07, 6.45) is 6.10. The summed E-state index contributed by atoms with van der Waals surface area (Å²) in [6.45, 7) is 5.98. The topological polar surface area (TPSA) is 157 Å². The van der Waals surface area contributed by atoms with Crippen molar-refractivity contribution < 1.29 is 46.8 Å². The van der Waals surface area contributed by atoms with Gasteiger partial charge in [-0.05, 0) is 94.9 Å². The molecule has 66 heavy (non-hydrogen) atoms. The molecule has 17 heteroatoms. The molecular formula is C49H60ClF2N4O8PS. The molecule has 2 aromatic heterocycles. The Morgan fingerprint density at radius 2 is 1.71 bits per heavy atom. The number of methoxy groups -OCH3 is 1. The molecule has 0 spiro atoms. The predicted molar refractivity (Wildman–Crippen MR) is 251 cm³/mol. The van der Waals surface area contributed by atoms with Gasteiger partial charge in [0.25, 0.3) is 0 Å². The van der Waals surface area contributed by atoms with Gasteiger partial charge >= 0.3 is 5.97 Å². The molecule has 1 unspecified atom stereocenters. The molecule has 4 fully saturated rings. The van der Waals surface area contributed by atoms with Crippen LogP contribution in [0.2, 0.25) is 5.02 Å². The number of aromatic nitrogens is 2. The lowest BCUT2D eigenvalue weighted by atomic mass is 9.85. The van der Waals surface area contributed by atoms with Gasteiger partial charge in [0.05, 0.1) is 54.6 Å². The Bertz CT molecular complexity index is 2480. The summed E-state index contributed by atoms with van der Waals surface area (Å²) in [4.78, 5) is 67.0. The zero-order valence-corrected chi connectivity index (χ0v) is 40.5. The fraction of sp³-hybridized carbons (Fsp3) is 0.571. The van der Waals surface area contributed by atoms with Crippen molar-refractivity contribution in [3.63, 3.8) is 0 Å². The van der Waals surface area contributed by atoms with Crippen molar-refractivity contribution in [2.75, 3.05) is 19.0 Å². The number of hydrogen-bond acceptors (Lipinski definition) is 11. The fourth-order valence-electron chi connectivity index (χ4n) is 10.5. The number of carbonyl (C=O) groups is 3. The number of esters is 1. The number of hydrogen-bond donors (Lipinski definition) is 2. The number of Topliss-reactive ketones (excluding diaryl/α,β-unsaturated/α-hetero) is 1. The maximum absolute atomic E-state index is 15.2. The largest absolute Gasteiger partial charge is 0.495 e. The first-order valence-electron chi connectivity index (χ1n) is 23.4. The molecule has 4 aliphatic rings. The average molecular weight is 970 g/mol. The van der Waals surface area contributed by atoms with Crippen LogP contribution in [0, 0.1) is 29.4 Å². The molecule has 2 N–H and O–H groups in total. The number of amides is 1. The molecule has 0 bridgehead atoms. The van der Waals surface area contributed by atoms with E-state index in [2.05, 4.69) is 5.32 Å². The van der Waals surface area contributed by atoms with Gasteiger partial charge in [-0.15, -0.1) is 11.3 Å². The molecule has 2 aliphatic carbocycles. The minimum atomic E-state index is -4.45. The lowest BCUT2D eigenvalue weighted by Crippen LogP contribution is -2.46. The van der Waals surface area contributed by atoms with E-state index in [4.69, 9.17) is 35.8 Å². The summed E-state index contributed by atoms with van der Waals surface area (Å²) in [6, 6.07) is 7.63. The van der Waals surface area contributed by atoms with Gasteiger partial charge in [-0.3, -0.25) is 18.9 Å². The van der Waals surface area contributed by atoms with Gasteiger partial charge in [-0.25, -0.2) is 18.7 Å². The van der Waals surface area contributed by atoms with Gasteiger partial charge in [0.2, 0.25) is 13.3 Å². The normalized spacial score (nSPS) is 26.3. The highest BCUT2D eigenvalue weighted by Crippen LogP contribution is 2.75. The Balaban J connectivity index is 1.16. The van der Waals surface area contributed by atoms with Crippen LogP contribution in [0.25, 0.3) is 22.3 Å². The first-order valence-corrected chi connectivity index (χ1v) is 26.5. The number of fused-ring (bicyclic) bond motifs is 3. The molecule has 2 aliphatic heterocycles. The number of ketones is 1. The summed E-state index contributed by atoms with van der Waals surface area (Å²) in [7, 11) is -2.94. The number of thiazole rings is 1. The molecule has 7 atom stereocenters. The van der Waals surface area contributed by atoms with Crippen LogP contribution in [0.1, 0.15) is 116 Å². The van der Waals surface area contributed by atoms with Gasteiger partial charge in [-0.1, -0.05) is 50.3 Å². The van der Waals surface area contributed by atoms with Gasteiger partial charge in [0.15, 0.2) is 10.9 Å². The van der Waals surface area contributed by atoms with E-state index < -0.39 is 65.7 Å². The van der Waals surface area contributed by atoms with Crippen LogP contribution in [-0.2, 0) is 29.8 Å². The minimum absolute atomic E-state index is 0.0218. The van der Waals surface area contributed by atoms with Crippen molar-refractivity contribution in [1.29, 1.82) is 0 Å². The van der Waals surface area contributed by atoms with Gasteiger partial charge in [-0.2, -0.15) is 0 Å². The molecule has 1 amide bonds. The van der Waals surface area contributed by atoms with Gasteiger partial charge in [0, 0.05) is 41.3 Å². The summed E-state index contributed by atoms with van der Waals surface area (Å²) in [5, 5.41) is 5.30. The lowest BCUT2D eigenvalue weighted by Gasteiger charge is -2.32. The Kier molecular flexibility index (Phi) is 14.8. The fourth-order valence-corrected chi connectivity index (χ4v) is 14.3. The highest BCUT2D eigenvalue weighted by Gasteiger charge is 2.66. The smallest absolute Gasteiger partial charge is 0.306 e. The van der Waals surface area contributed by atoms with E-state index in [-0.39, 0.29) is 67.1 Å². The summed E-state index contributed by atoms with van der Waals surface area (Å²) >= 11 is 8.32. The van der Waals surface area contributed by atoms with Crippen molar-refractivity contribution >= 4 is 64.0 Å². The first-order chi connectivity index (χ1) is 31.6. The molecular weight excluding hydrogens is 909 g/mol. The maximum atomic E-state index is 15.2. The van der Waals surface area contributed by atoms with E-state index in [9.17, 15) is 14.3 Å². The van der Waals surface area contributed by atoms with Gasteiger partial charge in [0.1, 0.15) is 46.1 Å². The van der Waals surface area contributed by atoms with Crippen LogP contribution in [0.3, 0.4) is 0 Å². The SMILES string of the molecule is COc1ccc2c(O[C@@H]3C[C@H]4C(=O)C[C@]5(P(=O)(O)Cc6c(F)cccc6F)C[C@H]5CCCCCC[C@@H](C)[C@H](CC(=O)OC5CCCC5)C(=O)N4C3)cc(-c3csc(NC(C)C)n3)nc2c1Cl. The quantitative estimate of drug-likeness (QED) is 0.103. The second-order valence-electron chi connectivity index (χ2n) is 19.2. The van der Waals surface area contributed by atoms with Crippen molar-refractivity contribution in [1.82, 2.24) is 14.9 Å². The van der Waals surface area contributed by atoms with Gasteiger partial charge < -0.3 is 29.3 Å². The summed E-state index contributed by atoms with van der Waals surface area (Å²) in [5.74, 6) is -3.66. The van der Waals surface area contributed by atoms with Crippen molar-refractivity contribution in [2.45, 2.75) is 146 Å². The second-order valence-corrected chi connectivity index (χ2v) is 23.0. The van der Waals surface area contributed by atoms with E-state index >= 15 is 18.4 Å². The number of nitrogens with one attached hydrogen (secondary N) is 1. The van der Waals surface area contributed by atoms with Crippen LogP contribution in [0.5, 0.6) is 11.5 Å². The highest BCUT2D eigenvalue weighted by atomic mass is 35.5. The molecule has 0 radical (unpaired) electrons. The van der Waals surface area contributed by atoms with E-state index in [1.54, 1.807) is 18.2 Å². The Morgan fingerprint density at radius 1 is 1.00 bits per heavy atom. The average Bonchev–Trinajstić information content (AvgIpc) is 3.69. The van der Waals surface area contributed by atoms with Crippen molar-refractivity contribution in [3.8, 4) is 22.9 Å². The predicted octanol–water partition coefficient (Wildman–Crippen LogP) is 11.1. The minimum Gasteiger partial charge on any atom is -0.495 e. The number of pyridine rings is 1. The number of benzene rings is 2. The number of ether oxygens (including phenoxy) is 3. The Hall–Kier alpha value is -4.17. The van der Waals surface area contributed by atoms with E-state index in [1.165, 1.54) is 29.4 Å². The molecule has 8 rings (SSSR count).